The van der Waals surface area contributed by atoms with Crippen LogP contribution < -0.4 is 5.32 Å². The van der Waals surface area contributed by atoms with Gasteiger partial charge in [-0.15, -0.1) is 0 Å². The van der Waals surface area contributed by atoms with E-state index in [0.29, 0.717) is 22.6 Å². The minimum absolute atomic E-state index is 0.0375. The van der Waals surface area contributed by atoms with Crippen LogP contribution in [0.1, 0.15) is 39.7 Å². The molecule has 1 aromatic heterocycles. The number of hydrogen-bond donors (Lipinski definition) is 2. The highest BCUT2D eigenvalue weighted by Gasteiger charge is 2.25. The molecule has 1 aromatic carbocycles. The number of hydrogen-bond acceptors (Lipinski definition) is 4. The normalized spacial score (nSPS) is 12.0. The lowest BCUT2D eigenvalue weighted by atomic mass is 9.97. The molecule has 1 unspecified atom stereocenters. The van der Waals surface area contributed by atoms with Gasteiger partial charge in [-0.25, -0.2) is 4.79 Å². The van der Waals surface area contributed by atoms with Gasteiger partial charge in [-0.3, -0.25) is 4.79 Å². The maximum Gasteiger partial charge on any atom is 0.330 e. The molecule has 0 saturated heterocycles. The molecule has 23 heavy (non-hydrogen) atoms. The van der Waals surface area contributed by atoms with Crippen molar-refractivity contribution in [2.75, 3.05) is 0 Å². The van der Waals surface area contributed by atoms with E-state index in [1.807, 2.05) is 19.9 Å². The predicted octanol–water partition coefficient (Wildman–Crippen LogP) is 2.39. The number of aryl methyl sites for hydroxylation is 3. The van der Waals surface area contributed by atoms with Crippen molar-refractivity contribution in [1.82, 2.24) is 10.5 Å². The van der Waals surface area contributed by atoms with E-state index in [4.69, 9.17) is 4.52 Å². The number of benzene rings is 1. The minimum Gasteiger partial charge on any atom is -0.479 e. The molecule has 0 bridgehead atoms. The van der Waals surface area contributed by atoms with Crippen LogP contribution in [0.25, 0.3) is 0 Å². The SMILES string of the molecule is Cc1cccc(C(NC(=O)Cc2c(C)noc2C)C(=O)O)c1C. The third-order valence-electron chi connectivity index (χ3n) is 4.03. The Hall–Kier alpha value is -2.63. The van der Waals surface area contributed by atoms with Crippen LogP contribution in [0.2, 0.25) is 0 Å². The van der Waals surface area contributed by atoms with E-state index in [-0.39, 0.29) is 12.3 Å². The summed E-state index contributed by atoms with van der Waals surface area (Å²) in [5, 5.41) is 15.9. The molecule has 0 spiro atoms. The van der Waals surface area contributed by atoms with Crippen molar-refractivity contribution in [3.8, 4) is 0 Å². The number of carbonyl (C=O) groups is 2. The summed E-state index contributed by atoms with van der Waals surface area (Å²) in [6.07, 6.45) is 0.0375. The molecule has 0 aliphatic carbocycles. The Labute approximate surface area is 134 Å². The summed E-state index contributed by atoms with van der Waals surface area (Å²) in [7, 11) is 0. The molecule has 6 heteroatoms. The van der Waals surface area contributed by atoms with Gasteiger partial charge in [-0.05, 0) is 44.4 Å². The molecule has 2 rings (SSSR count). The lowest BCUT2D eigenvalue weighted by Gasteiger charge is -2.18. The van der Waals surface area contributed by atoms with Crippen LogP contribution in [-0.4, -0.2) is 22.1 Å². The van der Waals surface area contributed by atoms with Crippen LogP contribution in [0.3, 0.4) is 0 Å². The van der Waals surface area contributed by atoms with Crippen LogP contribution in [0.5, 0.6) is 0 Å². The van der Waals surface area contributed by atoms with Crippen LogP contribution >= 0.6 is 0 Å². The van der Waals surface area contributed by atoms with Gasteiger partial charge in [-0.1, -0.05) is 23.4 Å². The maximum atomic E-state index is 12.3. The fourth-order valence-corrected chi connectivity index (χ4v) is 2.49. The van der Waals surface area contributed by atoms with Crippen LogP contribution in [0, 0.1) is 27.7 Å². The van der Waals surface area contributed by atoms with Gasteiger partial charge >= 0.3 is 5.97 Å². The molecule has 1 heterocycles. The van der Waals surface area contributed by atoms with E-state index in [9.17, 15) is 14.7 Å². The van der Waals surface area contributed by atoms with Gasteiger partial charge in [0.2, 0.25) is 5.91 Å². The molecule has 0 aliphatic heterocycles. The van der Waals surface area contributed by atoms with Crippen molar-refractivity contribution in [2.45, 2.75) is 40.2 Å². The number of nitrogens with one attached hydrogen (secondary N) is 1. The van der Waals surface area contributed by atoms with E-state index < -0.39 is 12.0 Å². The van der Waals surface area contributed by atoms with Crippen LogP contribution in [0.15, 0.2) is 22.7 Å². The summed E-state index contributed by atoms with van der Waals surface area (Å²) in [5.74, 6) is -0.908. The average Bonchev–Trinajstić information content (AvgIpc) is 2.79. The Kier molecular flexibility index (Phi) is 4.83. The second-order valence-corrected chi connectivity index (χ2v) is 5.61. The molecular weight excluding hydrogens is 296 g/mol. The topological polar surface area (TPSA) is 92.4 Å². The smallest absolute Gasteiger partial charge is 0.330 e. The number of carbonyl (C=O) groups excluding carboxylic acids is 1. The molecule has 2 aromatic rings. The zero-order valence-corrected chi connectivity index (χ0v) is 13.6. The Morgan fingerprint density at radius 1 is 1.26 bits per heavy atom. The second-order valence-electron chi connectivity index (χ2n) is 5.61. The van der Waals surface area contributed by atoms with E-state index in [0.717, 1.165) is 11.1 Å². The number of aromatic nitrogens is 1. The quantitative estimate of drug-likeness (QED) is 0.883. The van der Waals surface area contributed by atoms with Gasteiger partial charge in [0.15, 0.2) is 6.04 Å². The average molecular weight is 316 g/mol. The van der Waals surface area contributed by atoms with E-state index >= 15 is 0 Å². The lowest BCUT2D eigenvalue weighted by molar-refractivity contribution is -0.142. The second kappa shape index (κ2) is 6.64. The summed E-state index contributed by atoms with van der Waals surface area (Å²) in [6, 6.07) is 4.33. The summed E-state index contributed by atoms with van der Waals surface area (Å²) in [6.45, 7) is 7.23. The van der Waals surface area contributed by atoms with Gasteiger partial charge < -0.3 is 14.9 Å². The fourth-order valence-electron chi connectivity index (χ4n) is 2.49. The first-order chi connectivity index (χ1) is 10.8. The van der Waals surface area contributed by atoms with Gasteiger partial charge in [-0.2, -0.15) is 0 Å². The van der Waals surface area contributed by atoms with Gasteiger partial charge in [0.1, 0.15) is 5.76 Å². The Morgan fingerprint density at radius 2 is 1.96 bits per heavy atom. The molecule has 6 nitrogen and oxygen atoms in total. The van der Waals surface area contributed by atoms with E-state index in [1.165, 1.54) is 0 Å². The van der Waals surface area contributed by atoms with Crippen molar-refractivity contribution < 1.29 is 19.2 Å². The summed E-state index contributed by atoms with van der Waals surface area (Å²) >= 11 is 0. The Morgan fingerprint density at radius 3 is 2.52 bits per heavy atom. The molecule has 0 fully saturated rings. The number of carboxylic acids is 1. The first-order valence-corrected chi connectivity index (χ1v) is 7.31. The molecule has 0 aliphatic rings. The molecule has 122 valence electrons. The maximum absolute atomic E-state index is 12.3. The van der Waals surface area contributed by atoms with Crippen molar-refractivity contribution in [2.24, 2.45) is 0 Å². The predicted molar refractivity (Wildman–Crippen MR) is 84.1 cm³/mol. The number of amides is 1. The third kappa shape index (κ3) is 3.59. The first-order valence-electron chi connectivity index (χ1n) is 7.31. The zero-order chi connectivity index (χ0) is 17.1. The van der Waals surface area contributed by atoms with Crippen molar-refractivity contribution in [3.05, 3.63) is 51.9 Å². The van der Waals surface area contributed by atoms with Crippen molar-refractivity contribution in [1.29, 1.82) is 0 Å². The number of rotatable bonds is 5. The fraction of sp³-hybridized carbons (Fsp3) is 0.353. The van der Waals surface area contributed by atoms with Gasteiger partial charge in [0.05, 0.1) is 12.1 Å². The summed E-state index contributed by atoms with van der Waals surface area (Å²) in [4.78, 5) is 23.8. The number of nitrogens with zero attached hydrogens (tertiary/aromatic N) is 1. The van der Waals surface area contributed by atoms with Crippen molar-refractivity contribution in [3.63, 3.8) is 0 Å². The Bertz CT molecular complexity index is 730. The molecule has 0 saturated carbocycles. The molecule has 1 amide bonds. The van der Waals surface area contributed by atoms with Crippen molar-refractivity contribution >= 4 is 11.9 Å². The van der Waals surface area contributed by atoms with Gasteiger partial charge in [0, 0.05) is 5.56 Å². The lowest BCUT2D eigenvalue weighted by Crippen LogP contribution is -2.35. The first kappa shape index (κ1) is 16.7. The van der Waals surface area contributed by atoms with Crippen LogP contribution in [0.4, 0.5) is 0 Å². The molecular formula is C17H20N2O4. The van der Waals surface area contributed by atoms with E-state index in [1.54, 1.807) is 26.0 Å². The number of aliphatic carboxylic acids is 1. The highest BCUT2D eigenvalue weighted by Crippen LogP contribution is 2.21. The summed E-state index contributed by atoms with van der Waals surface area (Å²) < 4.78 is 5.02. The molecule has 2 N–H and O–H groups in total. The van der Waals surface area contributed by atoms with E-state index in [2.05, 4.69) is 10.5 Å². The highest BCUT2D eigenvalue weighted by atomic mass is 16.5. The zero-order valence-electron chi connectivity index (χ0n) is 13.6. The standard InChI is InChI=1S/C17H20N2O4/c1-9-6-5-7-13(10(9)2)16(17(21)22)18-15(20)8-14-11(3)19-23-12(14)4/h5-7,16H,8H2,1-4H3,(H,18,20)(H,21,22). The van der Waals surface area contributed by atoms with Gasteiger partial charge in [0.25, 0.3) is 0 Å². The minimum atomic E-state index is -1.09. The highest BCUT2D eigenvalue weighted by molar-refractivity contribution is 5.86. The monoisotopic (exact) mass is 316 g/mol. The van der Waals surface area contributed by atoms with Crippen LogP contribution in [-0.2, 0) is 16.0 Å². The number of carboxylic acid groups (broad SMARTS) is 1. The molecule has 1 atom stereocenters. The molecule has 0 radical (unpaired) electrons. The Balaban J connectivity index is 2.22. The largest absolute Gasteiger partial charge is 0.479 e. The summed E-state index contributed by atoms with van der Waals surface area (Å²) in [5.41, 5.74) is 3.75. The third-order valence-corrected chi connectivity index (χ3v) is 4.03.